The lowest BCUT2D eigenvalue weighted by atomic mass is 9.98. The van der Waals surface area contributed by atoms with Crippen LogP contribution in [0.3, 0.4) is 0 Å². The molecule has 0 fully saturated rings. The maximum atomic E-state index is 12.6. The quantitative estimate of drug-likeness (QED) is 0.606. The van der Waals surface area contributed by atoms with Gasteiger partial charge in [-0.25, -0.2) is 4.79 Å². The number of fused-ring (bicyclic) bond motifs is 1. The van der Waals surface area contributed by atoms with E-state index in [9.17, 15) is 9.59 Å². The van der Waals surface area contributed by atoms with Crippen LogP contribution in [-0.2, 0) is 16.0 Å². The van der Waals surface area contributed by atoms with Crippen molar-refractivity contribution in [2.75, 3.05) is 7.11 Å². The Morgan fingerprint density at radius 3 is 2.47 bits per heavy atom. The number of methoxy groups -OCH3 is 1. The Morgan fingerprint density at radius 1 is 0.967 bits per heavy atom. The van der Waals surface area contributed by atoms with E-state index in [4.69, 9.17) is 15.0 Å². The Labute approximate surface area is 174 Å². The van der Waals surface area contributed by atoms with Gasteiger partial charge in [-0.15, -0.1) is 0 Å². The second-order valence-corrected chi connectivity index (χ2v) is 7.06. The number of ketones is 1. The summed E-state index contributed by atoms with van der Waals surface area (Å²) in [6, 6.07) is 22.3. The SMILES string of the molecule is COC(=O)c1ccc(-c2ccc3c(c2)CC(=O)CC(c2cccc(C#N)c2)=N3)cc1. The molecule has 4 rings (SSSR count). The van der Waals surface area contributed by atoms with Crippen LogP contribution in [0.2, 0.25) is 0 Å². The fraction of sp³-hybridized carbons (Fsp3) is 0.120. The molecule has 0 bridgehead atoms. The first kappa shape index (κ1) is 19.3. The van der Waals surface area contributed by atoms with Gasteiger partial charge in [-0.2, -0.15) is 5.26 Å². The predicted molar refractivity (Wildman–Crippen MR) is 114 cm³/mol. The van der Waals surface area contributed by atoms with E-state index in [1.54, 1.807) is 30.3 Å². The smallest absolute Gasteiger partial charge is 0.337 e. The van der Waals surface area contributed by atoms with Gasteiger partial charge in [-0.05, 0) is 58.7 Å². The fourth-order valence-corrected chi connectivity index (χ4v) is 3.51. The molecule has 3 aromatic rings. The van der Waals surface area contributed by atoms with Crippen LogP contribution < -0.4 is 0 Å². The van der Waals surface area contributed by atoms with Gasteiger partial charge in [0, 0.05) is 12.8 Å². The highest BCUT2D eigenvalue weighted by atomic mass is 16.5. The normalized spacial score (nSPS) is 12.9. The van der Waals surface area contributed by atoms with Crippen molar-refractivity contribution < 1.29 is 14.3 Å². The molecule has 1 aliphatic heterocycles. The summed E-state index contributed by atoms with van der Waals surface area (Å²) in [6.45, 7) is 0. The molecule has 1 heterocycles. The average molecular weight is 394 g/mol. The van der Waals surface area contributed by atoms with Gasteiger partial charge in [0.1, 0.15) is 5.78 Å². The third-order valence-electron chi connectivity index (χ3n) is 5.05. The lowest BCUT2D eigenvalue weighted by Gasteiger charge is -2.08. The largest absolute Gasteiger partial charge is 0.465 e. The van der Waals surface area contributed by atoms with Crippen LogP contribution in [0.5, 0.6) is 0 Å². The molecule has 0 amide bonds. The summed E-state index contributed by atoms with van der Waals surface area (Å²) < 4.78 is 4.73. The first-order valence-corrected chi connectivity index (χ1v) is 9.49. The molecule has 0 saturated carbocycles. The zero-order chi connectivity index (χ0) is 21.1. The van der Waals surface area contributed by atoms with Crippen molar-refractivity contribution in [1.29, 1.82) is 5.26 Å². The van der Waals surface area contributed by atoms with Gasteiger partial charge in [0.05, 0.1) is 35.7 Å². The monoisotopic (exact) mass is 394 g/mol. The minimum Gasteiger partial charge on any atom is -0.465 e. The molecule has 0 spiro atoms. The first-order valence-electron chi connectivity index (χ1n) is 9.49. The highest BCUT2D eigenvalue weighted by Gasteiger charge is 2.19. The molecule has 1 aliphatic rings. The van der Waals surface area contributed by atoms with Gasteiger partial charge in [0.2, 0.25) is 0 Å². The minimum absolute atomic E-state index is 0.0769. The van der Waals surface area contributed by atoms with Gasteiger partial charge < -0.3 is 4.74 Å². The Bertz CT molecular complexity index is 1220. The summed E-state index contributed by atoms with van der Waals surface area (Å²) in [5, 5.41) is 9.14. The maximum Gasteiger partial charge on any atom is 0.337 e. The topological polar surface area (TPSA) is 79.5 Å². The van der Waals surface area contributed by atoms with E-state index in [1.165, 1.54) is 7.11 Å². The van der Waals surface area contributed by atoms with E-state index >= 15 is 0 Å². The van der Waals surface area contributed by atoms with E-state index in [-0.39, 0.29) is 18.2 Å². The molecular formula is C25H18N2O3. The van der Waals surface area contributed by atoms with Crippen molar-refractivity contribution >= 4 is 23.2 Å². The highest BCUT2D eigenvalue weighted by molar-refractivity contribution is 6.13. The number of nitriles is 1. The van der Waals surface area contributed by atoms with E-state index in [0.29, 0.717) is 23.3 Å². The van der Waals surface area contributed by atoms with Gasteiger partial charge in [-0.3, -0.25) is 9.79 Å². The van der Waals surface area contributed by atoms with Gasteiger partial charge in [-0.1, -0.05) is 30.3 Å². The number of Topliss-reactive ketones (excluding diaryl/α,β-unsaturated/α-hetero) is 1. The first-order chi connectivity index (χ1) is 14.6. The van der Waals surface area contributed by atoms with E-state index in [0.717, 1.165) is 27.9 Å². The Balaban J connectivity index is 1.70. The van der Waals surface area contributed by atoms with Crippen molar-refractivity contribution in [2.24, 2.45) is 4.99 Å². The van der Waals surface area contributed by atoms with E-state index in [1.807, 2.05) is 36.4 Å². The lowest BCUT2D eigenvalue weighted by molar-refractivity contribution is -0.117. The summed E-state index contributed by atoms with van der Waals surface area (Å²) in [7, 11) is 1.35. The van der Waals surface area contributed by atoms with Gasteiger partial charge in [0.25, 0.3) is 0 Å². The van der Waals surface area contributed by atoms with Crippen LogP contribution >= 0.6 is 0 Å². The molecule has 5 nitrogen and oxygen atoms in total. The Morgan fingerprint density at radius 2 is 1.73 bits per heavy atom. The maximum absolute atomic E-state index is 12.6. The van der Waals surface area contributed by atoms with Gasteiger partial charge >= 0.3 is 5.97 Å². The van der Waals surface area contributed by atoms with Crippen LogP contribution in [-0.4, -0.2) is 24.6 Å². The van der Waals surface area contributed by atoms with Crippen molar-refractivity contribution in [1.82, 2.24) is 0 Å². The molecule has 0 aliphatic carbocycles. The number of ether oxygens (including phenoxy) is 1. The molecule has 146 valence electrons. The second-order valence-electron chi connectivity index (χ2n) is 7.06. The van der Waals surface area contributed by atoms with Crippen LogP contribution in [0.1, 0.15) is 33.5 Å². The number of aliphatic imine (C=N–C) groups is 1. The summed E-state index contributed by atoms with van der Waals surface area (Å²) in [5.41, 5.74) is 5.99. The van der Waals surface area contributed by atoms with Crippen molar-refractivity contribution in [2.45, 2.75) is 12.8 Å². The van der Waals surface area contributed by atoms with E-state index < -0.39 is 0 Å². The highest BCUT2D eigenvalue weighted by Crippen LogP contribution is 2.31. The average Bonchev–Trinajstić information content (AvgIpc) is 2.96. The third kappa shape index (κ3) is 3.89. The van der Waals surface area contributed by atoms with Gasteiger partial charge in [0.15, 0.2) is 0 Å². The molecule has 5 heteroatoms. The zero-order valence-electron chi connectivity index (χ0n) is 16.4. The fourth-order valence-electron chi connectivity index (χ4n) is 3.51. The number of nitrogens with zero attached hydrogens (tertiary/aromatic N) is 2. The number of hydrogen-bond acceptors (Lipinski definition) is 5. The molecule has 0 atom stereocenters. The molecule has 0 aromatic heterocycles. The Kier molecular flexibility index (Phi) is 5.23. The Hall–Kier alpha value is -4.04. The van der Waals surface area contributed by atoms with Crippen molar-refractivity contribution in [3.63, 3.8) is 0 Å². The summed E-state index contributed by atoms with van der Waals surface area (Å²) >= 11 is 0. The van der Waals surface area contributed by atoms with Crippen LogP contribution in [0, 0.1) is 11.3 Å². The van der Waals surface area contributed by atoms with E-state index in [2.05, 4.69) is 6.07 Å². The van der Waals surface area contributed by atoms with Crippen LogP contribution in [0.4, 0.5) is 5.69 Å². The summed E-state index contributed by atoms with van der Waals surface area (Å²) in [6.07, 6.45) is 0.529. The standard InChI is InChI=1S/C25H18N2O3/c1-30-25(29)18-7-5-17(6-8-18)19-9-10-23-21(12-19)13-22(28)14-24(27-23)20-4-2-3-16(11-20)15-26/h2-12H,13-14H2,1H3. The molecule has 3 aromatic carbocycles. The molecule has 0 N–H and O–H groups in total. The predicted octanol–water partition coefficient (Wildman–Crippen LogP) is 4.65. The number of esters is 1. The number of carbonyl (C=O) groups is 2. The molecule has 0 radical (unpaired) electrons. The number of rotatable bonds is 3. The molecule has 0 saturated heterocycles. The van der Waals surface area contributed by atoms with Crippen molar-refractivity contribution in [3.05, 3.63) is 89.0 Å². The van der Waals surface area contributed by atoms with Crippen LogP contribution in [0.25, 0.3) is 11.1 Å². The summed E-state index contributed by atoms with van der Waals surface area (Å²) in [4.78, 5) is 29.0. The number of carbonyl (C=O) groups excluding carboxylic acids is 2. The lowest BCUT2D eigenvalue weighted by Crippen LogP contribution is -2.09. The van der Waals surface area contributed by atoms with Crippen molar-refractivity contribution in [3.8, 4) is 17.2 Å². The third-order valence-corrected chi connectivity index (χ3v) is 5.05. The molecule has 0 unspecified atom stereocenters. The zero-order valence-corrected chi connectivity index (χ0v) is 16.4. The number of benzene rings is 3. The van der Waals surface area contributed by atoms with Crippen LogP contribution in [0.15, 0.2) is 71.7 Å². The second kappa shape index (κ2) is 8.14. The summed E-state index contributed by atoms with van der Waals surface area (Å²) in [5.74, 6) is -0.301. The molecule has 30 heavy (non-hydrogen) atoms. The minimum atomic E-state index is -0.378. The number of hydrogen-bond donors (Lipinski definition) is 0. The molecular weight excluding hydrogens is 376 g/mol.